The van der Waals surface area contributed by atoms with E-state index in [1.807, 2.05) is 35.0 Å². The van der Waals surface area contributed by atoms with Gasteiger partial charge in [0.05, 0.1) is 18.0 Å². The Morgan fingerprint density at radius 2 is 2.18 bits per heavy atom. The average Bonchev–Trinajstić information content (AvgIpc) is 3.01. The lowest BCUT2D eigenvalue weighted by atomic mass is 10.4. The van der Waals surface area contributed by atoms with E-state index in [9.17, 15) is 4.79 Å². The van der Waals surface area contributed by atoms with Gasteiger partial charge in [0, 0.05) is 12.4 Å². The predicted octanol–water partition coefficient (Wildman–Crippen LogP) is 2.05. The fourth-order valence-electron chi connectivity index (χ4n) is 1.33. The summed E-state index contributed by atoms with van der Waals surface area (Å²) in [7, 11) is 0. The molecule has 0 amide bonds. The molecule has 0 radical (unpaired) electrons. The number of fused-ring (bicyclic) bond motifs is 1. The Morgan fingerprint density at radius 3 is 2.76 bits per heavy atom. The van der Waals surface area contributed by atoms with E-state index < -0.39 is 5.97 Å². The molecular weight excluding hydrogens is 218 g/mol. The van der Waals surface area contributed by atoms with Gasteiger partial charge in [0.25, 0.3) is 0 Å². The molecule has 0 saturated heterocycles. The molecule has 86 valence electrons. The predicted molar refractivity (Wildman–Crippen MR) is 62.9 cm³/mol. The van der Waals surface area contributed by atoms with Gasteiger partial charge in [0.15, 0.2) is 0 Å². The van der Waals surface area contributed by atoms with E-state index in [4.69, 9.17) is 5.11 Å². The van der Waals surface area contributed by atoms with Crippen molar-refractivity contribution < 1.29 is 9.90 Å². The minimum Gasteiger partial charge on any atom is -0.477 e. The third-order valence-electron chi connectivity index (χ3n) is 2.15. The van der Waals surface area contributed by atoms with Gasteiger partial charge in [-0.3, -0.25) is 0 Å². The van der Waals surface area contributed by atoms with E-state index in [1.54, 1.807) is 18.6 Å². The van der Waals surface area contributed by atoms with Gasteiger partial charge in [-0.25, -0.2) is 9.78 Å². The molecule has 2 N–H and O–H groups in total. The first-order chi connectivity index (χ1) is 8.27. The third-order valence-corrected chi connectivity index (χ3v) is 2.15. The lowest BCUT2D eigenvalue weighted by Crippen LogP contribution is -1.94. The lowest BCUT2D eigenvalue weighted by molar-refractivity contribution is 0.0691. The molecular formula is C12H11N3O2. The number of aromatic amines is 1. The number of nitrogens with zero attached hydrogens (tertiary/aromatic N) is 2. The number of carboxylic acids is 1. The number of hydrogen-bond donors (Lipinski definition) is 2. The minimum atomic E-state index is -0.921. The van der Waals surface area contributed by atoms with Crippen LogP contribution in [-0.4, -0.2) is 25.4 Å². The molecule has 3 rings (SSSR count). The van der Waals surface area contributed by atoms with Gasteiger partial charge < -0.3 is 14.5 Å². The van der Waals surface area contributed by atoms with E-state index in [1.165, 1.54) is 6.07 Å². The van der Waals surface area contributed by atoms with Gasteiger partial charge in [0.2, 0.25) is 0 Å². The van der Waals surface area contributed by atoms with Crippen LogP contribution in [0.1, 0.15) is 10.5 Å². The molecule has 5 nitrogen and oxygen atoms in total. The molecule has 0 unspecified atom stereocenters. The zero-order valence-corrected chi connectivity index (χ0v) is 8.95. The maximum atomic E-state index is 10.0. The van der Waals surface area contributed by atoms with Crippen LogP contribution in [0.25, 0.3) is 5.52 Å². The second-order valence-corrected chi connectivity index (χ2v) is 3.32. The number of hydrogen-bond acceptors (Lipinski definition) is 2. The largest absolute Gasteiger partial charge is 0.477 e. The van der Waals surface area contributed by atoms with Crippen molar-refractivity contribution in [3.05, 3.63) is 60.9 Å². The van der Waals surface area contributed by atoms with Gasteiger partial charge >= 0.3 is 5.97 Å². The van der Waals surface area contributed by atoms with Crippen molar-refractivity contribution >= 4 is 11.5 Å². The summed E-state index contributed by atoms with van der Waals surface area (Å²) in [6.07, 6.45) is 7.17. The number of nitrogens with one attached hydrogen (secondary N) is 1. The molecule has 5 heteroatoms. The summed E-state index contributed by atoms with van der Waals surface area (Å²) in [6, 6.07) is 9.14. The van der Waals surface area contributed by atoms with E-state index in [0.717, 1.165) is 5.52 Å². The smallest absolute Gasteiger partial charge is 0.352 e. The van der Waals surface area contributed by atoms with Crippen molar-refractivity contribution in [2.24, 2.45) is 0 Å². The lowest BCUT2D eigenvalue weighted by Gasteiger charge is -1.86. The molecule has 0 aliphatic heterocycles. The molecule has 0 saturated carbocycles. The minimum absolute atomic E-state index is 0.227. The summed E-state index contributed by atoms with van der Waals surface area (Å²) in [5, 5.41) is 8.24. The van der Waals surface area contributed by atoms with Crippen molar-refractivity contribution in [3.8, 4) is 0 Å². The standard InChI is InChI=1S/C7H6N2.C5H5NO2/c1-2-4-9-6-8-5-7(9)3-1;7-5(8)4-2-1-3-6-4/h1-6H;1-3,6H,(H,7,8). The van der Waals surface area contributed by atoms with Crippen LogP contribution in [0, 0.1) is 0 Å². The van der Waals surface area contributed by atoms with Crippen molar-refractivity contribution in [1.82, 2.24) is 14.4 Å². The van der Waals surface area contributed by atoms with Crippen LogP contribution in [0.15, 0.2) is 55.2 Å². The zero-order chi connectivity index (χ0) is 12.1. The van der Waals surface area contributed by atoms with E-state index >= 15 is 0 Å². The maximum Gasteiger partial charge on any atom is 0.352 e. The van der Waals surface area contributed by atoms with Crippen molar-refractivity contribution in [3.63, 3.8) is 0 Å². The molecule has 0 spiro atoms. The van der Waals surface area contributed by atoms with E-state index in [0.29, 0.717) is 0 Å². The average molecular weight is 229 g/mol. The van der Waals surface area contributed by atoms with Crippen LogP contribution < -0.4 is 0 Å². The van der Waals surface area contributed by atoms with Crippen LogP contribution in [0.3, 0.4) is 0 Å². The van der Waals surface area contributed by atoms with E-state index in [-0.39, 0.29) is 5.69 Å². The Hall–Kier alpha value is -2.56. The van der Waals surface area contributed by atoms with Gasteiger partial charge in [-0.15, -0.1) is 0 Å². The Balaban J connectivity index is 0.000000128. The normalized spacial score (nSPS) is 9.65. The summed E-state index contributed by atoms with van der Waals surface area (Å²) in [6.45, 7) is 0. The third kappa shape index (κ3) is 2.72. The highest BCUT2D eigenvalue weighted by Crippen LogP contribution is 1.98. The summed E-state index contributed by atoms with van der Waals surface area (Å²) in [5.74, 6) is -0.921. The number of aromatic nitrogens is 3. The summed E-state index contributed by atoms with van der Waals surface area (Å²) < 4.78 is 1.97. The molecule has 17 heavy (non-hydrogen) atoms. The second-order valence-electron chi connectivity index (χ2n) is 3.32. The summed E-state index contributed by atoms with van der Waals surface area (Å²) >= 11 is 0. The highest BCUT2D eigenvalue weighted by Gasteiger charge is 1.98. The number of imidazole rings is 1. The molecule has 3 heterocycles. The van der Waals surface area contributed by atoms with Crippen LogP contribution in [0.5, 0.6) is 0 Å². The quantitative estimate of drug-likeness (QED) is 0.670. The molecule has 0 aliphatic carbocycles. The highest BCUT2D eigenvalue weighted by atomic mass is 16.4. The number of carbonyl (C=O) groups is 1. The Labute approximate surface area is 97.4 Å². The molecule has 3 aromatic rings. The van der Waals surface area contributed by atoms with Gasteiger partial charge in [-0.2, -0.15) is 0 Å². The molecule has 0 fully saturated rings. The molecule has 0 atom stereocenters. The monoisotopic (exact) mass is 229 g/mol. The molecule has 0 aliphatic rings. The number of rotatable bonds is 1. The van der Waals surface area contributed by atoms with Crippen LogP contribution in [0.4, 0.5) is 0 Å². The molecule has 0 aromatic carbocycles. The number of H-pyrrole nitrogens is 1. The number of pyridine rings is 1. The second kappa shape index (κ2) is 4.98. The van der Waals surface area contributed by atoms with Crippen LogP contribution in [0.2, 0.25) is 0 Å². The first-order valence-corrected chi connectivity index (χ1v) is 5.01. The highest BCUT2D eigenvalue weighted by molar-refractivity contribution is 5.85. The summed E-state index contributed by atoms with van der Waals surface area (Å²) in [5.41, 5.74) is 1.36. The molecule has 3 aromatic heterocycles. The molecule has 0 bridgehead atoms. The fourth-order valence-corrected chi connectivity index (χ4v) is 1.33. The Bertz CT molecular complexity index is 569. The summed E-state index contributed by atoms with van der Waals surface area (Å²) in [4.78, 5) is 16.5. The maximum absolute atomic E-state index is 10.0. The topological polar surface area (TPSA) is 70.4 Å². The zero-order valence-electron chi connectivity index (χ0n) is 8.95. The van der Waals surface area contributed by atoms with Crippen LogP contribution >= 0.6 is 0 Å². The van der Waals surface area contributed by atoms with Gasteiger partial charge in [0.1, 0.15) is 5.69 Å². The van der Waals surface area contributed by atoms with Crippen LogP contribution in [-0.2, 0) is 0 Å². The first-order valence-electron chi connectivity index (χ1n) is 5.01. The van der Waals surface area contributed by atoms with Crippen molar-refractivity contribution in [2.45, 2.75) is 0 Å². The fraction of sp³-hybridized carbons (Fsp3) is 0. The van der Waals surface area contributed by atoms with Gasteiger partial charge in [-0.1, -0.05) is 6.07 Å². The van der Waals surface area contributed by atoms with Gasteiger partial charge in [-0.05, 0) is 24.3 Å². The Morgan fingerprint density at radius 1 is 1.29 bits per heavy atom. The van der Waals surface area contributed by atoms with Crippen molar-refractivity contribution in [1.29, 1.82) is 0 Å². The number of aromatic carboxylic acids is 1. The van der Waals surface area contributed by atoms with E-state index in [2.05, 4.69) is 9.97 Å². The van der Waals surface area contributed by atoms with Crippen molar-refractivity contribution in [2.75, 3.05) is 0 Å². The Kier molecular flexibility index (Phi) is 3.20. The first kappa shape index (κ1) is 10.9. The SMILES string of the molecule is O=C(O)c1ccc[nH]1.c1ccn2cncc2c1. The number of carboxylic acid groups (broad SMARTS) is 1.